The van der Waals surface area contributed by atoms with Gasteiger partial charge in [-0.1, -0.05) is 56.3 Å². The summed E-state index contributed by atoms with van der Waals surface area (Å²) in [4.78, 5) is 71.8. The summed E-state index contributed by atoms with van der Waals surface area (Å²) in [5, 5.41) is 9.85. The zero-order valence-corrected chi connectivity index (χ0v) is 26.7. The van der Waals surface area contributed by atoms with Crippen molar-refractivity contribution in [2.24, 2.45) is 5.92 Å². The average molecular weight is 632 g/mol. The van der Waals surface area contributed by atoms with E-state index in [2.05, 4.69) is 20.9 Å². The van der Waals surface area contributed by atoms with E-state index in [1.54, 1.807) is 89.5 Å². The summed E-state index contributed by atoms with van der Waals surface area (Å²) in [7, 11) is 0. The number of pyridine rings is 1. The minimum absolute atomic E-state index is 0.0164. The molecule has 12 heteroatoms. The van der Waals surface area contributed by atoms with Crippen molar-refractivity contribution in [3.05, 3.63) is 72.6 Å². The topological polar surface area (TPSA) is 156 Å². The monoisotopic (exact) mass is 631 g/mol. The van der Waals surface area contributed by atoms with Crippen LogP contribution in [0.4, 0.5) is 0 Å². The summed E-state index contributed by atoms with van der Waals surface area (Å²) in [6.07, 6.45) is 3.34. The van der Waals surface area contributed by atoms with Crippen LogP contribution in [0.15, 0.2) is 67.0 Å². The Morgan fingerprint density at radius 1 is 1.00 bits per heavy atom. The lowest BCUT2D eigenvalue weighted by Gasteiger charge is -2.28. The van der Waals surface area contributed by atoms with Crippen LogP contribution < -0.4 is 20.7 Å². The van der Waals surface area contributed by atoms with Crippen molar-refractivity contribution in [1.82, 2.24) is 25.8 Å². The molecule has 1 fully saturated rings. The number of hydrogen-bond donors (Lipinski definition) is 3. The zero-order chi connectivity index (χ0) is 33.4. The molecule has 1 aliphatic heterocycles. The van der Waals surface area contributed by atoms with Gasteiger partial charge in [-0.25, -0.2) is 0 Å². The van der Waals surface area contributed by atoms with Crippen molar-refractivity contribution in [3.8, 4) is 5.75 Å². The van der Waals surface area contributed by atoms with Gasteiger partial charge in [-0.05, 0) is 44.4 Å². The summed E-state index contributed by atoms with van der Waals surface area (Å²) in [6.45, 7) is 8.27. The molecule has 0 aliphatic carbocycles. The van der Waals surface area contributed by atoms with E-state index in [1.807, 2.05) is 12.1 Å². The number of amides is 4. The minimum atomic E-state index is -1.27. The molecule has 3 N–H and O–H groups in total. The molecule has 0 unspecified atom stereocenters. The second kappa shape index (κ2) is 15.0. The number of nitrogens with one attached hydrogen (secondary N) is 3. The molecule has 46 heavy (non-hydrogen) atoms. The second-order valence-electron chi connectivity index (χ2n) is 12.6. The van der Waals surface area contributed by atoms with Gasteiger partial charge in [-0.3, -0.25) is 33.9 Å². The Balaban J connectivity index is 1.47. The molecule has 2 heterocycles. The van der Waals surface area contributed by atoms with Crippen LogP contribution in [0.5, 0.6) is 5.75 Å². The number of hydrogen-bond acceptors (Lipinski definition) is 8. The van der Waals surface area contributed by atoms with E-state index in [0.717, 1.165) is 15.7 Å². The zero-order valence-electron chi connectivity index (χ0n) is 26.7. The predicted octanol–water partition coefficient (Wildman–Crippen LogP) is 2.15. The van der Waals surface area contributed by atoms with Gasteiger partial charge in [-0.15, -0.1) is 0 Å². The summed E-state index contributed by atoms with van der Waals surface area (Å²) in [5.41, 5.74) is 0.146. The fraction of sp³-hybridized carbons (Fsp3) is 0.412. The van der Waals surface area contributed by atoms with Crippen molar-refractivity contribution >= 4 is 40.2 Å². The van der Waals surface area contributed by atoms with E-state index in [4.69, 9.17) is 9.47 Å². The molecule has 1 saturated heterocycles. The lowest BCUT2D eigenvalue weighted by molar-refractivity contribution is -0.149. The highest BCUT2D eigenvalue weighted by Crippen LogP contribution is 2.24. The maximum Gasteiger partial charge on any atom is 0.294 e. The van der Waals surface area contributed by atoms with E-state index in [1.165, 1.54) is 0 Å². The summed E-state index contributed by atoms with van der Waals surface area (Å²) < 4.78 is 11.2. The number of ketones is 1. The number of carbonyl (C=O) groups is 5. The number of ether oxygens (including phenoxy) is 2. The van der Waals surface area contributed by atoms with Crippen molar-refractivity contribution in [3.63, 3.8) is 0 Å². The molecule has 12 nitrogen and oxygen atoms in total. The summed E-state index contributed by atoms with van der Waals surface area (Å²) in [5.74, 6) is -3.35. The number of benzene rings is 2. The third-order valence-corrected chi connectivity index (χ3v) is 7.34. The van der Waals surface area contributed by atoms with Gasteiger partial charge in [0.15, 0.2) is 6.61 Å². The van der Waals surface area contributed by atoms with Gasteiger partial charge in [0.2, 0.25) is 17.6 Å². The molecule has 3 aromatic rings. The molecular formula is C34H41N5O7. The molecule has 4 amide bonds. The maximum atomic E-state index is 13.7. The highest BCUT2D eigenvalue weighted by Gasteiger charge is 2.41. The fourth-order valence-corrected chi connectivity index (χ4v) is 5.04. The quantitative estimate of drug-likeness (QED) is 0.257. The lowest BCUT2D eigenvalue weighted by Crippen LogP contribution is -2.58. The number of Topliss-reactive ketones (excluding diaryl/α,β-unsaturated/α-hetero) is 1. The highest BCUT2D eigenvalue weighted by atomic mass is 16.5. The third kappa shape index (κ3) is 8.87. The molecule has 0 saturated carbocycles. The van der Waals surface area contributed by atoms with E-state index in [9.17, 15) is 24.0 Å². The molecule has 0 spiro atoms. The van der Waals surface area contributed by atoms with Crippen LogP contribution in [0, 0.1) is 5.92 Å². The van der Waals surface area contributed by atoms with Crippen LogP contribution in [0.2, 0.25) is 0 Å². The normalized spacial score (nSPS) is 16.0. The summed E-state index contributed by atoms with van der Waals surface area (Å²) in [6, 6.07) is 12.8. The third-order valence-electron chi connectivity index (χ3n) is 7.34. The highest BCUT2D eigenvalue weighted by molar-refractivity contribution is 6.38. The Bertz CT molecular complexity index is 1570. The fourth-order valence-electron chi connectivity index (χ4n) is 5.04. The minimum Gasteiger partial charge on any atom is -0.483 e. The van der Waals surface area contributed by atoms with Gasteiger partial charge >= 0.3 is 0 Å². The second-order valence-corrected chi connectivity index (χ2v) is 12.6. The van der Waals surface area contributed by atoms with Gasteiger partial charge in [0, 0.05) is 35.1 Å². The Kier molecular flexibility index (Phi) is 11.1. The first-order chi connectivity index (χ1) is 21.8. The first-order valence-electron chi connectivity index (χ1n) is 15.2. The standard InChI is InChI=1S/C34H41N5O7/c1-21(2)29(37-28(40)19-46-27-13-9-12-23-17-35-15-14-24(23)27)32(43)36-25(16-22-10-7-6-8-11-22)30(41)33(44)39-20-45-18-26(39)31(42)38-34(3,4)5/h6-15,17,21,25-26,29H,16,18-20H2,1-5H3,(H,36,43)(H,37,40)(H,38,42)/t25-,26-,29-/m0/s1. The molecule has 1 aromatic heterocycles. The Morgan fingerprint density at radius 3 is 2.43 bits per heavy atom. The summed E-state index contributed by atoms with van der Waals surface area (Å²) >= 11 is 0. The average Bonchev–Trinajstić information content (AvgIpc) is 3.51. The molecule has 2 aromatic carbocycles. The number of rotatable bonds is 12. The maximum absolute atomic E-state index is 13.7. The van der Waals surface area contributed by atoms with Crippen molar-refractivity contribution in [2.45, 2.75) is 64.7 Å². The van der Waals surface area contributed by atoms with Crippen LogP contribution in [0.3, 0.4) is 0 Å². The van der Waals surface area contributed by atoms with E-state index >= 15 is 0 Å². The van der Waals surface area contributed by atoms with Gasteiger partial charge in [0.25, 0.3) is 11.8 Å². The van der Waals surface area contributed by atoms with Crippen LogP contribution in [-0.2, 0) is 35.1 Å². The van der Waals surface area contributed by atoms with Crippen molar-refractivity contribution in [1.29, 1.82) is 0 Å². The molecular weight excluding hydrogens is 590 g/mol. The number of aromatic nitrogens is 1. The van der Waals surface area contributed by atoms with Gasteiger partial charge in [0.1, 0.15) is 30.6 Å². The molecule has 0 radical (unpaired) electrons. The van der Waals surface area contributed by atoms with Gasteiger partial charge < -0.3 is 25.4 Å². The number of nitrogens with zero attached hydrogens (tertiary/aromatic N) is 2. The first kappa shape index (κ1) is 34.0. The molecule has 244 valence electrons. The molecule has 4 rings (SSSR count). The van der Waals surface area contributed by atoms with E-state index in [-0.39, 0.29) is 32.3 Å². The Hall–Kier alpha value is -4.84. The predicted molar refractivity (Wildman–Crippen MR) is 170 cm³/mol. The first-order valence-corrected chi connectivity index (χ1v) is 15.2. The molecule has 3 atom stereocenters. The molecule has 1 aliphatic rings. The largest absolute Gasteiger partial charge is 0.483 e. The van der Waals surface area contributed by atoms with Crippen molar-refractivity contribution < 1.29 is 33.4 Å². The SMILES string of the molecule is CC(C)[C@H](NC(=O)COc1cccc2cnccc12)C(=O)N[C@@H](Cc1ccccc1)C(=O)C(=O)N1COC[C@H]1C(=O)NC(C)(C)C. The Labute approximate surface area is 268 Å². The molecule has 0 bridgehead atoms. The van der Waals surface area contributed by atoms with Gasteiger partial charge in [-0.2, -0.15) is 0 Å². The van der Waals surface area contributed by atoms with Crippen LogP contribution in [-0.4, -0.2) is 82.9 Å². The van der Waals surface area contributed by atoms with Crippen LogP contribution >= 0.6 is 0 Å². The van der Waals surface area contributed by atoms with Crippen molar-refractivity contribution in [2.75, 3.05) is 19.9 Å². The van der Waals surface area contributed by atoms with Crippen LogP contribution in [0.25, 0.3) is 10.8 Å². The van der Waals surface area contributed by atoms with Gasteiger partial charge in [0.05, 0.1) is 6.61 Å². The number of carbonyl (C=O) groups excluding carboxylic acids is 5. The van der Waals surface area contributed by atoms with E-state index < -0.39 is 53.1 Å². The smallest absolute Gasteiger partial charge is 0.294 e. The van der Waals surface area contributed by atoms with Crippen LogP contribution in [0.1, 0.15) is 40.2 Å². The van der Waals surface area contributed by atoms with E-state index in [0.29, 0.717) is 11.3 Å². The lowest BCUT2D eigenvalue weighted by atomic mass is 9.98. The number of fused-ring (bicyclic) bond motifs is 1. The Morgan fingerprint density at radius 2 is 1.74 bits per heavy atom.